The van der Waals surface area contributed by atoms with E-state index in [-0.39, 0.29) is 24.8 Å². The Bertz CT molecular complexity index is 1250. The molecule has 2 aromatic carbocycles. The number of carbonyl (C=O) groups excluding carboxylic acids is 1. The average molecular weight is 438 g/mol. The maximum absolute atomic E-state index is 13.4. The van der Waals surface area contributed by atoms with Crippen LogP contribution in [0.25, 0.3) is 21.5 Å². The Kier molecular flexibility index (Phi) is 6.13. The summed E-state index contributed by atoms with van der Waals surface area (Å²) in [5.41, 5.74) is 4.46. The number of halogens is 1. The zero-order valence-corrected chi connectivity index (χ0v) is 18.6. The molecule has 0 saturated heterocycles. The van der Waals surface area contributed by atoms with Crippen molar-refractivity contribution >= 4 is 28.2 Å². The Morgan fingerprint density at radius 2 is 2.03 bits per heavy atom. The molecule has 0 unspecified atom stereocenters. The van der Waals surface area contributed by atoms with Crippen LogP contribution in [0, 0.1) is 12.7 Å². The molecule has 7 heteroatoms. The standard InChI is InChI=1S/C24H24FN3O2S/c1-4-20-22(31-24(26-20)19-8-7-18(25)10-15(19)3)12-23(29)30-14-16-6-9-21-17(11-16)13-28(5-2)27-21/h6-11,13H,4-5,12,14H2,1-3H3. The molecule has 0 bridgehead atoms. The Morgan fingerprint density at radius 1 is 1.19 bits per heavy atom. The monoisotopic (exact) mass is 437 g/mol. The number of esters is 1. The van der Waals surface area contributed by atoms with Crippen LogP contribution in [-0.4, -0.2) is 20.7 Å². The lowest BCUT2D eigenvalue weighted by molar-refractivity contribution is -0.144. The third-order valence-corrected chi connectivity index (χ3v) is 6.31. The van der Waals surface area contributed by atoms with Crippen molar-refractivity contribution < 1.29 is 13.9 Å². The molecule has 0 atom stereocenters. The van der Waals surface area contributed by atoms with Gasteiger partial charge >= 0.3 is 5.97 Å². The first kappa shape index (κ1) is 21.2. The fraction of sp³-hybridized carbons (Fsp3) is 0.292. The SMILES string of the molecule is CCc1nc(-c2ccc(F)cc2C)sc1CC(=O)OCc1ccc2nn(CC)cc2c1. The van der Waals surface area contributed by atoms with Crippen LogP contribution in [-0.2, 0) is 35.5 Å². The van der Waals surface area contributed by atoms with Crippen LogP contribution in [0.1, 0.15) is 35.5 Å². The Morgan fingerprint density at radius 3 is 2.77 bits per heavy atom. The predicted molar refractivity (Wildman–Crippen MR) is 121 cm³/mol. The molecule has 5 nitrogen and oxygen atoms in total. The van der Waals surface area contributed by atoms with Gasteiger partial charge in [0.25, 0.3) is 0 Å². The highest BCUT2D eigenvalue weighted by Crippen LogP contribution is 2.31. The second-order valence-corrected chi connectivity index (χ2v) is 8.50. The summed E-state index contributed by atoms with van der Waals surface area (Å²) in [6, 6.07) is 10.5. The van der Waals surface area contributed by atoms with E-state index in [1.54, 1.807) is 6.07 Å². The zero-order valence-electron chi connectivity index (χ0n) is 17.8. The first-order valence-electron chi connectivity index (χ1n) is 10.3. The van der Waals surface area contributed by atoms with E-state index >= 15 is 0 Å². The van der Waals surface area contributed by atoms with Gasteiger partial charge in [0.2, 0.25) is 0 Å². The molecule has 0 fully saturated rings. The van der Waals surface area contributed by atoms with Crippen LogP contribution in [0.15, 0.2) is 42.6 Å². The molecule has 0 radical (unpaired) electrons. The lowest BCUT2D eigenvalue weighted by Crippen LogP contribution is -2.08. The minimum Gasteiger partial charge on any atom is -0.461 e. The Hall–Kier alpha value is -3.06. The Balaban J connectivity index is 1.45. The topological polar surface area (TPSA) is 57.0 Å². The van der Waals surface area contributed by atoms with Gasteiger partial charge in [-0.1, -0.05) is 13.0 Å². The van der Waals surface area contributed by atoms with Gasteiger partial charge in [0.15, 0.2) is 0 Å². The Labute approximate surface area is 184 Å². The van der Waals surface area contributed by atoms with Crippen molar-refractivity contribution in [2.45, 2.75) is 46.8 Å². The van der Waals surface area contributed by atoms with Gasteiger partial charge in [0.1, 0.15) is 17.4 Å². The van der Waals surface area contributed by atoms with E-state index in [2.05, 4.69) is 10.1 Å². The number of fused-ring (bicyclic) bond motifs is 1. The maximum Gasteiger partial charge on any atom is 0.311 e. The largest absolute Gasteiger partial charge is 0.461 e. The molecule has 31 heavy (non-hydrogen) atoms. The van der Waals surface area contributed by atoms with Crippen molar-refractivity contribution in [2.75, 3.05) is 0 Å². The van der Waals surface area contributed by atoms with Crippen LogP contribution < -0.4 is 0 Å². The number of benzene rings is 2. The third-order valence-electron chi connectivity index (χ3n) is 5.18. The number of hydrogen-bond acceptors (Lipinski definition) is 5. The molecule has 4 aromatic rings. The first-order valence-corrected chi connectivity index (χ1v) is 11.1. The minimum atomic E-state index is -0.287. The van der Waals surface area contributed by atoms with Gasteiger partial charge in [0.05, 0.1) is 17.6 Å². The molecule has 0 spiro atoms. The summed E-state index contributed by atoms with van der Waals surface area (Å²) in [5, 5.41) is 6.30. The summed E-state index contributed by atoms with van der Waals surface area (Å²) in [5.74, 6) is -0.553. The summed E-state index contributed by atoms with van der Waals surface area (Å²) < 4.78 is 20.9. The molecular formula is C24H24FN3O2S. The summed E-state index contributed by atoms with van der Waals surface area (Å²) in [6.45, 7) is 6.95. The van der Waals surface area contributed by atoms with E-state index in [9.17, 15) is 9.18 Å². The van der Waals surface area contributed by atoms with Crippen LogP contribution in [0.5, 0.6) is 0 Å². The normalized spacial score (nSPS) is 11.2. The molecule has 4 rings (SSSR count). The van der Waals surface area contributed by atoms with Crippen LogP contribution in [0.2, 0.25) is 0 Å². The van der Waals surface area contributed by atoms with E-state index in [4.69, 9.17) is 4.74 Å². The lowest BCUT2D eigenvalue weighted by atomic mass is 10.1. The van der Waals surface area contributed by atoms with Gasteiger partial charge in [-0.3, -0.25) is 9.48 Å². The maximum atomic E-state index is 13.4. The first-order chi connectivity index (χ1) is 15.0. The van der Waals surface area contributed by atoms with Crippen molar-refractivity contribution in [1.82, 2.24) is 14.8 Å². The lowest BCUT2D eigenvalue weighted by Gasteiger charge is -2.05. The van der Waals surface area contributed by atoms with Gasteiger partial charge in [-0.25, -0.2) is 9.37 Å². The summed E-state index contributed by atoms with van der Waals surface area (Å²) >= 11 is 1.47. The number of ether oxygens (including phenoxy) is 1. The van der Waals surface area contributed by atoms with E-state index in [1.165, 1.54) is 23.5 Å². The molecule has 0 aliphatic rings. The van der Waals surface area contributed by atoms with Crippen molar-refractivity contribution in [3.8, 4) is 10.6 Å². The number of aromatic nitrogens is 3. The average Bonchev–Trinajstić information content (AvgIpc) is 3.35. The zero-order chi connectivity index (χ0) is 22.0. The highest BCUT2D eigenvalue weighted by molar-refractivity contribution is 7.15. The van der Waals surface area contributed by atoms with Gasteiger partial charge in [-0.2, -0.15) is 5.10 Å². The van der Waals surface area contributed by atoms with Crippen LogP contribution in [0.4, 0.5) is 4.39 Å². The molecule has 0 N–H and O–H groups in total. The fourth-order valence-corrected chi connectivity index (χ4v) is 4.73. The summed E-state index contributed by atoms with van der Waals surface area (Å²) in [6.07, 6.45) is 2.89. The third kappa shape index (κ3) is 4.66. The van der Waals surface area contributed by atoms with Crippen LogP contribution in [0.3, 0.4) is 0 Å². The van der Waals surface area contributed by atoms with E-state index in [0.29, 0.717) is 0 Å². The van der Waals surface area contributed by atoms with E-state index in [0.717, 1.165) is 56.1 Å². The van der Waals surface area contributed by atoms with Crippen molar-refractivity contribution in [3.63, 3.8) is 0 Å². The summed E-state index contributed by atoms with van der Waals surface area (Å²) in [4.78, 5) is 18.1. The number of carbonyl (C=O) groups is 1. The van der Waals surface area contributed by atoms with Crippen molar-refractivity contribution in [3.05, 3.63) is 70.1 Å². The molecule has 0 aliphatic carbocycles. The number of aryl methyl sites for hydroxylation is 3. The van der Waals surface area contributed by atoms with Crippen LogP contribution >= 0.6 is 11.3 Å². The second-order valence-electron chi connectivity index (χ2n) is 7.42. The van der Waals surface area contributed by atoms with Crippen molar-refractivity contribution in [2.24, 2.45) is 0 Å². The highest BCUT2D eigenvalue weighted by atomic mass is 32.1. The summed E-state index contributed by atoms with van der Waals surface area (Å²) in [7, 11) is 0. The van der Waals surface area contributed by atoms with E-state index in [1.807, 2.05) is 49.8 Å². The van der Waals surface area contributed by atoms with Gasteiger partial charge in [-0.05, 0) is 61.7 Å². The number of nitrogens with zero attached hydrogens (tertiary/aromatic N) is 3. The van der Waals surface area contributed by atoms with Crippen molar-refractivity contribution in [1.29, 1.82) is 0 Å². The van der Waals surface area contributed by atoms with Gasteiger partial charge < -0.3 is 4.74 Å². The predicted octanol–water partition coefficient (Wildman–Crippen LogP) is 5.48. The fourth-order valence-electron chi connectivity index (χ4n) is 3.50. The molecule has 0 aliphatic heterocycles. The molecule has 2 heterocycles. The molecule has 0 amide bonds. The molecule has 160 valence electrons. The number of thiazole rings is 1. The second kappa shape index (κ2) is 8.98. The minimum absolute atomic E-state index is 0.178. The highest BCUT2D eigenvalue weighted by Gasteiger charge is 2.17. The molecule has 0 saturated carbocycles. The quantitative estimate of drug-likeness (QED) is 0.360. The number of hydrogen-bond donors (Lipinski definition) is 0. The molecule has 2 aromatic heterocycles. The van der Waals surface area contributed by atoms with E-state index < -0.39 is 0 Å². The number of rotatable bonds is 7. The smallest absolute Gasteiger partial charge is 0.311 e. The van der Waals surface area contributed by atoms with Gasteiger partial charge in [-0.15, -0.1) is 11.3 Å². The van der Waals surface area contributed by atoms with Gasteiger partial charge in [0, 0.05) is 28.6 Å². The molecular weight excluding hydrogens is 413 g/mol.